The number of esters is 1. The van der Waals surface area contributed by atoms with E-state index in [0.717, 1.165) is 24.5 Å². The van der Waals surface area contributed by atoms with Gasteiger partial charge in [0, 0.05) is 29.4 Å². The zero-order valence-electron chi connectivity index (χ0n) is 12.2. The second kappa shape index (κ2) is 8.39. The molecule has 112 valence electrons. The van der Waals surface area contributed by atoms with Crippen LogP contribution in [0.5, 0.6) is 0 Å². The summed E-state index contributed by atoms with van der Waals surface area (Å²) in [5.74, 6) is -0.170. The SMILES string of the molecule is COC(=O)Cc1ccc(CNCCN2CCCCC2)s1. The summed E-state index contributed by atoms with van der Waals surface area (Å²) in [6.45, 7) is 5.57. The number of carbonyl (C=O) groups is 1. The Labute approximate surface area is 125 Å². The number of nitrogens with zero attached hydrogens (tertiary/aromatic N) is 1. The summed E-state index contributed by atoms with van der Waals surface area (Å²) in [5, 5.41) is 3.48. The minimum Gasteiger partial charge on any atom is -0.469 e. The summed E-state index contributed by atoms with van der Waals surface area (Å²) in [6, 6.07) is 4.11. The Hall–Kier alpha value is -0.910. The fourth-order valence-electron chi connectivity index (χ4n) is 2.46. The number of thiophene rings is 1. The first-order valence-corrected chi connectivity index (χ1v) is 8.17. The third-order valence-electron chi connectivity index (χ3n) is 3.62. The van der Waals surface area contributed by atoms with E-state index in [0.29, 0.717) is 6.42 Å². The normalized spacial score (nSPS) is 16.2. The van der Waals surface area contributed by atoms with Gasteiger partial charge in [0.05, 0.1) is 13.5 Å². The quantitative estimate of drug-likeness (QED) is 0.617. The van der Waals surface area contributed by atoms with Crippen molar-refractivity contribution in [2.45, 2.75) is 32.2 Å². The molecule has 1 aliphatic heterocycles. The van der Waals surface area contributed by atoms with Gasteiger partial charge in [0.2, 0.25) is 0 Å². The van der Waals surface area contributed by atoms with Crippen molar-refractivity contribution in [1.82, 2.24) is 10.2 Å². The molecule has 0 bridgehead atoms. The van der Waals surface area contributed by atoms with E-state index in [-0.39, 0.29) is 5.97 Å². The molecule has 0 spiro atoms. The van der Waals surface area contributed by atoms with E-state index >= 15 is 0 Å². The first kappa shape index (κ1) is 15.5. The summed E-state index contributed by atoms with van der Waals surface area (Å²) in [5.41, 5.74) is 0. The molecule has 20 heavy (non-hydrogen) atoms. The predicted octanol–water partition coefficient (Wildman–Crippen LogP) is 2.04. The highest BCUT2D eigenvalue weighted by Gasteiger charge is 2.09. The second-order valence-electron chi connectivity index (χ2n) is 5.20. The van der Waals surface area contributed by atoms with Gasteiger partial charge in [-0.05, 0) is 38.1 Å². The van der Waals surface area contributed by atoms with Crippen molar-refractivity contribution in [2.24, 2.45) is 0 Å². The Bertz CT molecular complexity index is 414. The molecule has 0 atom stereocenters. The van der Waals surface area contributed by atoms with Crippen LogP contribution in [-0.4, -0.2) is 44.2 Å². The Morgan fingerprint density at radius 1 is 1.30 bits per heavy atom. The van der Waals surface area contributed by atoms with Gasteiger partial charge in [0.25, 0.3) is 0 Å². The molecule has 0 aliphatic carbocycles. The number of ether oxygens (including phenoxy) is 1. The lowest BCUT2D eigenvalue weighted by atomic mass is 10.1. The average molecular weight is 296 g/mol. The van der Waals surface area contributed by atoms with Crippen LogP contribution in [0.4, 0.5) is 0 Å². The molecule has 0 radical (unpaired) electrons. The molecular formula is C15H24N2O2S. The van der Waals surface area contributed by atoms with Crippen molar-refractivity contribution in [3.05, 3.63) is 21.9 Å². The maximum absolute atomic E-state index is 11.2. The molecule has 1 saturated heterocycles. The van der Waals surface area contributed by atoms with Crippen LogP contribution in [0.1, 0.15) is 29.0 Å². The molecule has 2 heterocycles. The van der Waals surface area contributed by atoms with Crippen LogP contribution in [0, 0.1) is 0 Å². The number of hydrogen-bond donors (Lipinski definition) is 1. The van der Waals surface area contributed by atoms with Gasteiger partial charge in [-0.25, -0.2) is 0 Å². The first-order valence-electron chi connectivity index (χ1n) is 7.35. The molecule has 1 fully saturated rings. The number of hydrogen-bond acceptors (Lipinski definition) is 5. The van der Waals surface area contributed by atoms with E-state index < -0.39 is 0 Å². The largest absolute Gasteiger partial charge is 0.469 e. The fraction of sp³-hybridized carbons (Fsp3) is 0.667. The minimum absolute atomic E-state index is 0.170. The van der Waals surface area contributed by atoms with Crippen molar-refractivity contribution >= 4 is 17.3 Å². The molecule has 1 aromatic heterocycles. The number of rotatable bonds is 7. The zero-order chi connectivity index (χ0) is 14.2. The Morgan fingerprint density at radius 3 is 2.80 bits per heavy atom. The van der Waals surface area contributed by atoms with Crippen LogP contribution in [0.3, 0.4) is 0 Å². The monoisotopic (exact) mass is 296 g/mol. The maximum atomic E-state index is 11.2. The van der Waals surface area contributed by atoms with Gasteiger partial charge in [-0.15, -0.1) is 11.3 Å². The van der Waals surface area contributed by atoms with E-state index in [1.54, 1.807) is 11.3 Å². The predicted molar refractivity (Wildman–Crippen MR) is 82.0 cm³/mol. The Balaban J connectivity index is 1.62. The minimum atomic E-state index is -0.170. The van der Waals surface area contributed by atoms with Crippen LogP contribution in [0.2, 0.25) is 0 Å². The molecule has 1 N–H and O–H groups in total. The van der Waals surface area contributed by atoms with Gasteiger partial charge in [0.15, 0.2) is 0 Å². The Morgan fingerprint density at radius 2 is 2.05 bits per heavy atom. The van der Waals surface area contributed by atoms with Crippen molar-refractivity contribution < 1.29 is 9.53 Å². The molecular weight excluding hydrogens is 272 g/mol. The highest BCUT2D eigenvalue weighted by atomic mass is 32.1. The van der Waals surface area contributed by atoms with Crippen LogP contribution in [-0.2, 0) is 22.5 Å². The van der Waals surface area contributed by atoms with Crippen molar-refractivity contribution in [3.63, 3.8) is 0 Å². The molecule has 0 saturated carbocycles. The topological polar surface area (TPSA) is 41.6 Å². The smallest absolute Gasteiger partial charge is 0.310 e. The number of piperidine rings is 1. The highest BCUT2D eigenvalue weighted by molar-refractivity contribution is 7.12. The first-order chi connectivity index (χ1) is 9.78. The van der Waals surface area contributed by atoms with Gasteiger partial charge in [0.1, 0.15) is 0 Å². The molecule has 0 unspecified atom stereocenters. The lowest BCUT2D eigenvalue weighted by molar-refractivity contribution is -0.139. The summed E-state index contributed by atoms with van der Waals surface area (Å²) in [7, 11) is 1.43. The standard InChI is InChI=1S/C15H24N2O2S/c1-19-15(18)11-13-5-6-14(20-13)12-16-7-10-17-8-3-2-4-9-17/h5-6,16H,2-4,7-12H2,1H3. The third kappa shape index (κ3) is 5.23. The van der Waals surface area contributed by atoms with Gasteiger partial charge >= 0.3 is 5.97 Å². The van der Waals surface area contributed by atoms with Crippen LogP contribution in [0.15, 0.2) is 12.1 Å². The van der Waals surface area contributed by atoms with Gasteiger partial charge < -0.3 is 15.0 Å². The van der Waals surface area contributed by atoms with E-state index in [2.05, 4.69) is 21.0 Å². The molecule has 1 aliphatic rings. The van der Waals surface area contributed by atoms with E-state index in [9.17, 15) is 4.79 Å². The van der Waals surface area contributed by atoms with Gasteiger partial charge in [-0.3, -0.25) is 4.79 Å². The molecule has 0 amide bonds. The van der Waals surface area contributed by atoms with Crippen molar-refractivity contribution in [1.29, 1.82) is 0 Å². The lowest BCUT2D eigenvalue weighted by Crippen LogP contribution is -2.35. The van der Waals surface area contributed by atoms with E-state index in [4.69, 9.17) is 0 Å². The molecule has 0 aromatic carbocycles. The van der Waals surface area contributed by atoms with Crippen molar-refractivity contribution in [3.8, 4) is 0 Å². The van der Waals surface area contributed by atoms with Crippen LogP contribution in [0.25, 0.3) is 0 Å². The average Bonchev–Trinajstić information content (AvgIpc) is 2.92. The highest BCUT2D eigenvalue weighted by Crippen LogP contribution is 2.17. The number of likely N-dealkylation sites (tertiary alicyclic amines) is 1. The number of carbonyl (C=O) groups excluding carboxylic acids is 1. The molecule has 4 nitrogen and oxygen atoms in total. The van der Waals surface area contributed by atoms with Gasteiger partial charge in [-0.1, -0.05) is 6.42 Å². The van der Waals surface area contributed by atoms with E-state index in [1.165, 1.54) is 44.3 Å². The number of methoxy groups -OCH3 is 1. The maximum Gasteiger partial charge on any atom is 0.310 e. The molecule has 5 heteroatoms. The van der Waals surface area contributed by atoms with E-state index in [1.807, 2.05) is 6.07 Å². The summed E-state index contributed by atoms with van der Waals surface area (Å²) in [4.78, 5) is 16.1. The molecule has 1 aromatic rings. The van der Waals surface area contributed by atoms with Crippen LogP contribution >= 0.6 is 11.3 Å². The third-order valence-corrected chi connectivity index (χ3v) is 4.70. The van der Waals surface area contributed by atoms with Crippen molar-refractivity contribution in [2.75, 3.05) is 33.3 Å². The fourth-order valence-corrected chi connectivity index (χ4v) is 3.43. The molecule has 2 rings (SSSR count). The lowest BCUT2D eigenvalue weighted by Gasteiger charge is -2.26. The van der Waals surface area contributed by atoms with Crippen LogP contribution < -0.4 is 5.32 Å². The Kier molecular flexibility index (Phi) is 6.50. The van der Waals surface area contributed by atoms with Gasteiger partial charge in [-0.2, -0.15) is 0 Å². The summed E-state index contributed by atoms with van der Waals surface area (Å²) >= 11 is 1.69. The zero-order valence-corrected chi connectivity index (χ0v) is 13.0. The second-order valence-corrected chi connectivity index (χ2v) is 6.45. The summed E-state index contributed by atoms with van der Waals surface area (Å²) in [6.07, 6.45) is 4.47. The summed E-state index contributed by atoms with van der Waals surface area (Å²) < 4.78 is 4.68. The number of nitrogens with one attached hydrogen (secondary N) is 1.